The molecule has 1 aliphatic heterocycles. The van der Waals surface area contributed by atoms with Crippen LogP contribution in [0.25, 0.3) is 0 Å². The van der Waals surface area contributed by atoms with Crippen LogP contribution in [-0.4, -0.2) is 35.0 Å². The lowest BCUT2D eigenvalue weighted by atomic mass is 9.74. The van der Waals surface area contributed by atoms with Crippen LogP contribution in [0.5, 0.6) is 5.75 Å². The molecule has 1 aliphatic rings. The number of hydrogen-bond acceptors (Lipinski definition) is 4. The summed E-state index contributed by atoms with van der Waals surface area (Å²) in [6.45, 7) is 2.06. The quantitative estimate of drug-likeness (QED) is 0.709. The van der Waals surface area contributed by atoms with Gasteiger partial charge < -0.3 is 20.5 Å². The normalized spacial score (nSPS) is 16.2. The molecule has 3 rings (SSSR count). The van der Waals surface area contributed by atoms with Crippen LogP contribution in [0, 0.1) is 0 Å². The SMILES string of the molecule is Oc1cccnc1NC(=S)NCC1(c2cccc(Cl)c2)CCOCC1. The van der Waals surface area contributed by atoms with Crippen LogP contribution in [0.4, 0.5) is 5.82 Å². The molecule has 132 valence electrons. The van der Waals surface area contributed by atoms with Gasteiger partial charge in [-0.25, -0.2) is 4.98 Å². The van der Waals surface area contributed by atoms with Crippen molar-refractivity contribution in [2.24, 2.45) is 0 Å². The molecule has 0 amide bonds. The number of nitrogens with one attached hydrogen (secondary N) is 2. The van der Waals surface area contributed by atoms with Gasteiger partial charge >= 0.3 is 0 Å². The van der Waals surface area contributed by atoms with Crippen molar-refractivity contribution in [3.05, 3.63) is 53.2 Å². The Bertz CT molecular complexity index is 751. The Hall–Kier alpha value is -1.89. The zero-order valence-corrected chi connectivity index (χ0v) is 15.2. The van der Waals surface area contributed by atoms with Gasteiger partial charge in [-0.3, -0.25) is 0 Å². The van der Waals surface area contributed by atoms with Crippen LogP contribution in [-0.2, 0) is 10.2 Å². The summed E-state index contributed by atoms with van der Waals surface area (Å²) in [5, 5.41) is 17.1. The number of ether oxygens (including phenoxy) is 1. The lowest BCUT2D eigenvalue weighted by Crippen LogP contribution is -2.45. The summed E-state index contributed by atoms with van der Waals surface area (Å²) in [4.78, 5) is 4.07. The molecule has 25 heavy (non-hydrogen) atoms. The summed E-state index contributed by atoms with van der Waals surface area (Å²) in [5.41, 5.74) is 1.08. The van der Waals surface area contributed by atoms with E-state index in [0.717, 1.165) is 17.9 Å². The third-order valence-electron chi connectivity index (χ3n) is 4.49. The fourth-order valence-corrected chi connectivity index (χ4v) is 3.40. The molecule has 5 nitrogen and oxygen atoms in total. The van der Waals surface area contributed by atoms with Gasteiger partial charge in [0.2, 0.25) is 0 Å². The van der Waals surface area contributed by atoms with Crippen LogP contribution in [0.2, 0.25) is 5.02 Å². The number of anilines is 1. The van der Waals surface area contributed by atoms with Gasteiger partial charge in [0, 0.05) is 36.4 Å². The molecule has 2 aromatic rings. The number of aromatic nitrogens is 1. The van der Waals surface area contributed by atoms with Crippen LogP contribution in [0.1, 0.15) is 18.4 Å². The predicted molar refractivity (Wildman–Crippen MR) is 103 cm³/mol. The number of hydrogen-bond donors (Lipinski definition) is 3. The lowest BCUT2D eigenvalue weighted by Gasteiger charge is -2.38. The molecule has 2 heterocycles. The minimum absolute atomic E-state index is 0.0577. The Kier molecular flexibility index (Phi) is 5.73. The first-order chi connectivity index (χ1) is 12.1. The molecule has 0 unspecified atom stereocenters. The fraction of sp³-hybridized carbons (Fsp3) is 0.333. The molecule has 1 aromatic heterocycles. The van der Waals surface area contributed by atoms with E-state index >= 15 is 0 Å². The van der Waals surface area contributed by atoms with Crippen molar-refractivity contribution >= 4 is 34.7 Å². The zero-order chi connectivity index (χ0) is 17.7. The van der Waals surface area contributed by atoms with Gasteiger partial charge in [-0.2, -0.15) is 0 Å². The molecule has 3 N–H and O–H groups in total. The Balaban J connectivity index is 1.71. The number of nitrogens with zero attached hydrogens (tertiary/aromatic N) is 1. The third-order valence-corrected chi connectivity index (χ3v) is 4.97. The summed E-state index contributed by atoms with van der Waals surface area (Å²) in [7, 11) is 0. The van der Waals surface area contributed by atoms with Gasteiger partial charge in [0.1, 0.15) is 0 Å². The first-order valence-corrected chi connectivity index (χ1v) is 8.90. The van der Waals surface area contributed by atoms with E-state index in [1.807, 2.05) is 18.2 Å². The minimum Gasteiger partial charge on any atom is -0.504 e. The topological polar surface area (TPSA) is 66.4 Å². The highest BCUT2D eigenvalue weighted by molar-refractivity contribution is 7.80. The van der Waals surface area contributed by atoms with Crippen molar-refractivity contribution in [2.45, 2.75) is 18.3 Å². The van der Waals surface area contributed by atoms with Crippen molar-refractivity contribution in [3.63, 3.8) is 0 Å². The van der Waals surface area contributed by atoms with Gasteiger partial charge in [-0.15, -0.1) is 0 Å². The predicted octanol–water partition coefficient (Wildman–Crippen LogP) is 3.48. The van der Waals surface area contributed by atoms with Crippen LogP contribution in [0.3, 0.4) is 0 Å². The Morgan fingerprint density at radius 2 is 2.08 bits per heavy atom. The molecule has 0 spiro atoms. The van der Waals surface area contributed by atoms with Crippen LogP contribution in [0.15, 0.2) is 42.6 Å². The van der Waals surface area contributed by atoms with Gasteiger partial charge in [-0.05, 0) is 54.9 Å². The number of pyridine rings is 1. The molecular weight excluding hydrogens is 358 g/mol. The lowest BCUT2D eigenvalue weighted by molar-refractivity contribution is 0.0515. The number of rotatable bonds is 4. The molecule has 1 aromatic carbocycles. The summed E-state index contributed by atoms with van der Waals surface area (Å²) >= 11 is 11.5. The average molecular weight is 378 g/mol. The molecule has 0 radical (unpaired) electrons. The second kappa shape index (κ2) is 7.99. The maximum absolute atomic E-state index is 9.79. The van der Waals surface area contributed by atoms with E-state index in [9.17, 15) is 5.11 Å². The van der Waals surface area contributed by atoms with E-state index in [0.29, 0.717) is 30.7 Å². The van der Waals surface area contributed by atoms with E-state index in [4.69, 9.17) is 28.6 Å². The minimum atomic E-state index is -0.0962. The van der Waals surface area contributed by atoms with E-state index in [2.05, 4.69) is 21.7 Å². The molecule has 0 saturated carbocycles. The number of aromatic hydroxyl groups is 1. The number of thiocarbonyl (C=S) groups is 1. The highest BCUT2D eigenvalue weighted by atomic mass is 35.5. The van der Waals surface area contributed by atoms with Gasteiger partial charge in [0.05, 0.1) is 0 Å². The molecule has 1 fully saturated rings. The second-order valence-corrected chi connectivity index (χ2v) is 6.93. The molecule has 0 aliphatic carbocycles. The van der Waals surface area contributed by atoms with E-state index < -0.39 is 0 Å². The average Bonchev–Trinajstić information content (AvgIpc) is 2.63. The number of benzene rings is 1. The van der Waals surface area contributed by atoms with Crippen molar-refractivity contribution in [1.82, 2.24) is 10.3 Å². The summed E-state index contributed by atoms with van der Waals surface area (Å²) in [6, 6.07) is 11.2. The highest BCUT2D eigenvalue weighted by Gasteiger charge is 2.34. The van der Waals surface area contributed by atoms with Crippen molar-refractivity contribution in [1.29, 1.82) is 0 Å². The van der Waals surface area contributed by atoms with Gasteiger partial charge in [0.25, 0.3) is 0 Å². The molecule has 0 bridgehead atoms. The van der Waals surface area contributed by atoms with Crippen molar-refractivity contribution in [2.75, 3.05) is 25.1 Å². The molecule has 7 heteroatoms. The maximum atomic E-state index is 9.79. The first-order valence-electron chi connectivity index (χ1n) is 8.12. The van der Waals surface area contributed by atoms with Crippen LogP contribution >= 0.6 is 23.8 Å². The van der Waals surface area contributed by atoms with E-state index in [1.165, 1.54) is 5.56 Å². The van der Waals surface area contributed by atoms with Gasteiger partial charge in [-0.1, -0.05) is 23.7 Å². The highest BCUT2D eigenvalue weighted by Crippen LogP contribution is 2.35. The second-order valence-electron chi connectivity index (χ2n) is 6.08. The summed E-state index contributed by atoms with van der Waals surface area (Å²) in [5.74, 6) is 0.394. The third kappa shape index (κ3) is 4.39. The van der Waals surface area contributed by atoms with Crippen LogP contribution < -0.4 is 10.6 Å². The van der Waals surface area contributed by atoms with Gasteiger partial charge in [0.15, 0.2) is 16.7 Å². The van der Waals surface area contributed by atoms with Crippen molar-refractivity contribution in [3.8, 4) is 5.75 Å². The maximum Gasteiger partial charge on any atom is 0.174 e. The fourth-order valence-electron chi connectivity index (χ4n) is 3.04. The largest absolute Gasteiger partial charge is 0.504 e. The Morgan fingerprint density at radius 1 is 1.28 bits per heavy atom. The van der Waals surface area contributed by atoms with Crippen molar-refractivity contribution < 1.29 is 9.84 Å². The summed E-state index contributed by atoms with van der Waals surface area (Å²) < 4.78 is 5.54. The first kappa shape index (κ1) is 17.9. The monoisotopic (exact) mass is 377 g/mol. The molecule has 0 atom stereocenters. The Labute approximate surface area is 157 Å². The zero-order valence-electron chi connectivity index (χ0n) is 13.7. The molecule has 1 saturated heterocycles. The number of halogens is 1. The van der Waals surface area contributed by atoms with E-state index in [1.54, 1.807) is 18.3 Å². The molecular formula is C18H20ClN3O2S. The van der Waals surface area contributed by atoms with E-state index in [-0.39, 0.29) is 11.2 Å². The summed E-state index contributed by atoms with van der Waals surface area (Å²) in [6.07, 6.45) is 3.37. The Morgan fingerprint density at radius 3 is 2.80 bits per heavy atom. The standard InChI is InChI=1S/C18H20ClN3O2S/c19-14-4-1-3-13(11-14)18(6-9-24-10-7-18)12-21-17(25)22-16-15(23)5-2-8-20-16/h1-5,8,11,23H,6-7,9-10,12H2,(H2,20,21,22,25). The smallest absolute Gasteiger partial charge is 0.174 e.